The number of benzene rings is 1. The zero-order valence-corrected chi connectivity index (χ0v) is 15.1. The number of nitriles is 2. The van der Waals surface area contributed by atoms with Crippen LogP contribution in [-0.2, 0) is 23.6 Å². The minimum Gasteiger partial charge on any atom is -0.314 e. The summed E-state index contributed by atoms with van der Waals surface area (Å²) in [6.07, 6.45) is 0. The smallest absolute Gasteiger partial charge is 0.314 e. The van der Waals surface area contributed by atoms with E-state index in [-0.39, 0.29) is 5.56 Å². The van der Waals surface area contributed by atoms with Gasteiger partial charge in [-0.3, -0.25) is 9.36 Å². The van der Waals surface area contributed by atoms with Crippen LogP contribution in [0.3, 0.4) is 0 Å². The number of anilines is 1. The van der Waals surface area contributed by atoms with E-state index in [9.17, 15) is 19.9 Å². The molecule has 1 heterocycles. The third kappa shape index (κ3) is 2.14. The number of amides is 1. The van der Waals surface area contributed by atoms with Gasteiger partial charge in [-0.05, 0) is 18.2 Å². The van der Waals surface area contributed by atoms with Gasteiger partial charge in [-0.25, -0.2) is 0 Å². The van der Waals surface area contributed by atoms with Crippen molar-refractivity contribution in [1.82, 2.24) is 0 Å². The van der Waals surface area contributed by atoms with Gasteiger partial charge in [-0.15, -0.1) is 0 Å². The lowest BCUT2D eigenvalue weighted by atomic mass is 9.87. The summed E-state index contributed by atoms with van der Waals surface area (Å²) in [7, 11) is -0.415. The highest BCUT2D eigenvalue weighted by atomic mass is 79.9. The molecule has 0 spiro atoms. The molecule has 1 aliphatic rings. The van der Waals surface area contributed by atoms with Crippen molar-refractivity contribution in [1.29, 1.82) is 10.5 Å². The van der Waals surface area contributed by atoms with Crippen LogP contribution in [0.2, 0.25) is 0 Å². The van der Waals surface area contributed by atoms with Crippen LogP contribution >= 0.6 is 23.5 Å². The van der Waals surface area contributed by atoms with Crippen molar-refractivity contribution < 1.29 is 18.4 Å². The fourth-order valence-corrected chi connectivity index (χ4v) is 5.24. The highest BCUT2D eigenvalue weighted by Gasteiger charge is 2.68. The first-order chi connectivity index (χ1) is 10.8. The Labute approximate surface area is 142 Å². The van der Waals surface area contributed by atoms with Crippen molar-refractivity contribution in [3.8, 4) is 12.1 Å². The van der Waals surface area contributed by atoms with Gasteiger partial charge >= 0.3 is 7.60 Å². The number of nitrogens with zero attached hydrogens (tertiary/aromatic N) is 3. The van der Waals surface area contributed by atoms with Crippen molar-refractivity contribution in [2.24, 2.45) is 5.92 Å². The number of carbonyl (C=O) groups is 1. The lowest BCUT2D eigenvalue weighted by Gasteiger charge is -2.33. The molecule has 0 saturated carbocycles. The maximum atomic E-state index is 13.3. The molecular weight excluding hydrogens is 385 g/mol. The van der Waals surface area contributed by atoms with Crippen LogP contribution in [-0.4, -0.2) is 27.2 Å². The van der Waals surface area contributed by atoms with Crippen LogP contribution in [0.5, 0.6) is 0 Å². The molecule has 1 aliphatic heterocycles. The van der Waals surface area contributed by atoms with E-state index >= 15 is 0 Å². The normalized spacial score (nSPS) is 20.3. The second-order valence-corrected chi connectivity index (χ2v) is 8.19. The zero-order valence-electron chi connectivity index (χ0n) is 12.6. The summed E-state index contributed by atoms with van der Waals surface area (Å²) in [5.74, 6) is -2.22. The minimum atomic E-state index is -4.15. The molecule has 0 fully saturated rings. The van der Waals surface area contributed by atoms with Gasteiger partial charge < -0.3 is 13.9 Å². The van der Waals surface area contributed by atoms with Gasteiger partial charge in [0.1, 0.15) is 0 Å². The van der Waals surface area contributed by atoms with Crippen LogP contribution in [0.1, 0.15) is 5.56 Å². The maximum absolute atomic E-state index is 13.3. The van der Waals surface area contributed by atoms with E-state index in [1.165, 1.54) is 11.9 Å². The third-order valence-electron chi connectivity index (χ3n) is 3.95. The topological polar surface area (TPSA) is 103 Å². The number of rotatable bonds is 4. The van der Waals surface area contributed by atoms with E-state index in [0.717, 1.165) is 14.2 Å². The Hall–Kier alpha value is -1.70. The van der Waals surface area contributed by atoms with Gasteiger partial charge in [0.05, 0.1) is 12.1 Å². The molecule has 1 atom stereocenters. The fourth-order valence-electron chi connectivity index (χ4n) is 2.87. The van der Waals surface area contributed by atoms with Crippen LogP contribution in [0.15, 0.2) is 22.7 Å². The quantitative estimate of drug-likeness (QED) is 0.723. The second kappa shape index (κ2) is 6.07. The number of carbonyl (C=O) groups excluding carboxylic acids is 1. The summed E-state index contributed by atoms with van der Waals surface area (Å²) >= 11 is 3.29. The van der Waals surface area contributed by atoms with Crippen molar-refractivity contribution >= 4 is 35.1 Å². The molecule has 0 saturated heterocycles. The van der Waals surface area contributed by atoms with Gasteiger partial charge in [0.15, 0.2) is 5.92 Å². The van der Waals surface area contributed by atoms with Gasteiger partial charge in [0.2, 0.25) is 5.16 Å². The molecule has 9 heteroatoms. The van der Waals surface area contributed by atoms with Gasteiger partial charge in [-0.1, -0.05) is 15.9 Å². The molecule has 7 nitrogen and oxygen atoms in total. The molecule has 0 radical (unpaired) electrons. The predicted molar refractivity (Wildman–Crippen MR) is 85.6 cm³/mol. The Kier molecular flexibility index (Phi) is 4.66. The summed E-state index contributed by atoms with van der Waals surface area (Å²) in [4.78, 5) is 14.3. The standard InChI is InChI=1S/C14H13BrN3O4P/c1-18-12-5-4-10(15)6-11(12)14(13(18)19,9(7-16)8-17)23(20,21-2)22-3/h4-6,9H,1-3H3. The largest absolute Gasteiger partial charge is 0.352 e. The number of halogens is 1. The molecule has 0 aliphatic carbocycles. The maximum Gasteiger partial charge on any atom is 0.352 e. The molecule has 120 valence electrons. The highest BCUT2D eigenvalue weighted by molar-refractivity contribution is 9.10. The number of hydrogen-bond acceptors (Lipinski definition) is 6. The first-order valence-electron chi connectivity index (χ1n) is 6.43. The summed E-state index contributed by atoms with van der Waals surface area (Å²) < 4.78 is 23.9. The van der Waals surface area contributed by atoms with Gasteiger partial charge in [-0.2, -0.15) is 10.5 Å². The Morgan fingerprint density at radius 3 is 2.35 bits per heavy atom. The number of likely N-dealkylation sites (N-methyl/N-ethyl adjacent to an activating group) is 1. The SMILES string of the molecule is COP(=O)(OC)C1(C(C#N)C#N)C(=O)N(C)c2ccc(Br)cc21. The first kappa shape index (κ1) is 17.7. The third-order valence-corrected chi connectivity index (χ3v) is 6.96. The average Bonchev–Trinajstić information content (AvgIpc) is 2.78. The lowest BCUT2D eigenvalue weighted by molar-refractivity contribution is -0.121. The molecule has 1 aromatic rings. The van der Waals surface area contributed by atoms with E-state index in [2.05, 4.69) is 15.9 Å². The molecule has 23 heavy (non-hydrogen) atoms. The summed E-state index contributed by atoms with van der Waals surface area (Å²) in [6, 6.07) is 8.43. The van der Waals surface area contributed by atoms with Crippen LogP contribution in [0.4, 0.5) is 5.69 Å². The van der Waals surface area contributed by atoms with Crippen molar-refractivity contribution in [3.05, 3.63) is 28.2 Å². The Balaban J connectivity index is 2.98. The fraction of sp³-hybridized carbons (Fsp3) is 0.357. The first-order valence-corrected chi connectivity index (χ1v) is 8.76. The highest BCUT2D eigenvalue weighted by Crippen LogP contribution is 2.71. The van der Waals surface area contributed by atoms with E-state index in [0.29, 0.717) is 10.2 Å². The average molecular weight is 398 g/mol. The molecule has 0 N–H and O–H groups in total. The van der Waals surface area contributed by atoms with Gasteiger partial charge in [0.25, 0.3) is 5.91 Å². The van der Waals surface area contributed by atoms with Gasteiger partial charge in [0, 0.05) is 37.0 Å². The summed E-state index contributed by atoms with van der Waals surface area (Å²) in [5.41, 5.74) is 0.711. The number of hydrogen-bond donors (Lipinski definition) is 0. The van der Waals surface area contributed by atoms with Crippen LogP contribution in [0.25, 0.3) is 0 Å². The Morgan fingerprint density at radius 2 is 1.87 bits per heavy atom. The van der Waals surface area contributed by atoms with E-state index < -0.39 is 24.6 Å². The van der Waals surface area contributed by atoms with Crippen molar-refractivity contribution in [3.63, 3.8) is 0 Å². The lowest BCUT2D eigenvalue weighted by Crippen LogP contribution is -2.44. The molecular formula is C14H13BrN3O4P. The molecule has 1 unspecified atom stereocenters. The van der Waals surface area contributed by atoms with Crippen molar-refractivity contribution in [2.75, 3.05) is 26.2 Å². The van der Waals surface area contributed by atoms with E-state index in [1.54, 1.807) is 30.3 Å². The summed E-state index contributed by atoms with van der Waals surface area (Å²) in [5, 5.41) is 16.8. The summed E-state index contributed by atoms with van der Waals surface area (Å²) in [6.45, 7) is 0. The number of fused-ring (bicyclic) bond motifs is 1. The van der Waals surface area contributed by atoms with Crippen molar-refractivity contribution in [2.45, 2.75) is 5.16 Å². The minimum absolute atomic E-state index is 0.263. The monoisotopic (exact) mass is 397 g/mol. The molecule has 1 aromatic carbocycles. The predicted octanol–water partition coefficient (Wildman–Crippen LogP) is 2.77. The molecule has 0 bridgehead atoms. The van der Waals surface area contributed by atoms with E-state index in [4.69, 9.17) is 9.05 Å². The van der Waals surface area contributed by atoms with E-state index in [1.807, 2.05) is 0 Å². The van der Waals surface area contributed by atoms with Crippen LogP contribution in [0, 0.1) is 28.6 Å². The molecule has 0 aromatic heterocycles. The Morgan fingerprint density at radius 1 is 1.30 bits per heavy atom. The molecule has 1 amide bonds. The van der Waals surface area contributed by atoms with Crippen LogP contribution < -0.4 is 4.90 Å². The second-order valence-electron chi connectivity index (χ2n) is 4.85. The molecule has 2 rings (SSSR count). The Bertz CT molecular complexity index is 778. The zero-order chi connectivity index (χ0) is 17.4.